The Balaban J connectivity index is 2.66. The molecular weight excluding hydrogens is 204 g/mol. The van der Waals surface area contributed by atoms with E-state index in [4.69, 9.17) is 5.26 Å². The summed E-state index contributed by atoms with van der Waals surface area (Å²) in [5.74, 6) is -0.516. The second kappa shape index (κ2) is 3.32. The molecule has 1 heterocycles. The summed E-state index contributed by atoms with van der Waals surface area (Å²) in [6.45, 7) is 3.75. The Bertz CT molecular complexity index is 516. The highest BCUT2D eigenvalue weighted by Crippen LogP contribution is 2.40. The highest BCUT2D eigenvalue weighted by Gasteiger charge is 2.46. The molecule has 82 valence electrons. The molecule has 0 saturated carbocycles. The van der Waals surface area contributed by atoms with Crippen LogP contribution in [0.3, 0.4) is 0 Å². The number of amides is 1. The topological polar surface area (TPSA) is 73.1 Å². The summed E-state index contributed by atoms with van der Waals surface area (Å²) in [6, 6.07) is 5.54. The molecule has 4 nitrogen and oxygen atoms in total. The van der Waals surface area contributed by atoms with Gasteiger partial charge in [0, 0.05) is 11.3 Å². The van der Waals surface area contributed by atoms with Crippen LogP contribution in [0.4, 0.5) is 5.69 Å². The van der Waals surface area contributed by atoms with Gasteiger partial charge in [0.05, 0.1) is 12.5 Å². The van der Waals surface area contributed by atoms with E-state index < -0.39 is 11.5 Å². The van der Waals surface area contributed by atoms with E-state index in [0.29, 0.717) is 11.3 Å². The lowest BCUT2D eigenvalue weighted by Crippen LogP contribution is -2.34. The monoisotopic (exact) mass is 216 g/mol. The molecule has 1 amide bonds. The minimum absolute atomic E-state index is 0.226. The van der Waals surface area contributed by atoms with Crippen LogP contribution in [0.1, 0.15) is 23.1 Å². The number of rotatable bonds is 1. The number of nitrogens with zero attached hydrogens (tertiary/aromatic N) is 1. The van der Waals surface area contributed by atoms with Crippen molar-refractivity contribution in [1.82, 2.24) is 0 Å². The summed E-state index contributed by atoms with van der Waals surface area (Å²) < 4.78 is 0. The van der Waals surface area contributed by atoms with Gasteiger partial charge in [-0.1, -0.05) is 6.07 Å². The number of aryl methyl sites for hydroxylation is 2. The summed E-state index contributed by atoms with van der Waals surface area (Å²) in [6.07, 6.45) is -0.226. The molecule has 1 atom stereocenters. The van der Waals surface area contributed by atoms with Gasteiger partial charge in [0.15, 0.2) is 5.60 Å². The van der Waals surface area contributed by atoms with Crippen molar-refractivity contribution in [3.05, 3.63) is 28.8 Å². The lowest BCUT2D eigenvalue weighted by Gasteiger charge is -2.19. The van der Waals surface area contributed by atoms with Crippen molar-refractivity contribution in [2.75, 3.05) is 5.32 Å². The van der Waals surface area contributed by atoms with Gasteiger partial charge in [-0.3, -0.25) is 4.79 Å². The van der Waals surface area contributed by atoms with Crippen LogP contribution in [0, 0.1) is 25.2 Å². The Labute approximate surface area is 93.5 Å². The SMILES string of the molecule is Cc1cc(C)c2c(c1)NC(=O)C2(O)CC#N. The van der Waals surface area contributed by atoms with Gasteiger partial charge >= 0.3 is 0 Å². The number of anilines is 1. The van der Waals surface area contributed by atoms with Crippen LogP contribution in [0.25, 0.3) is 0 Å². The molecule has 0 spiro atoms. The molecule has 2 N–H and O–H groups in total. The van der Waals surface area contributed by atoms with Crippen molar-refractivity contribution in [2.24, 2.45) is 0 Å². The number of carbonyl (C=O) groups is 1. The fourth-order valence-corrected chi connectivity index (χ4v) is 2.24. The summed E-state index contributed by atoms with van der Waals surface area (Å²) in [5, 5.41) is 21.6. The van der Waals surface area contributed by atoms with Crippen LogP contribution < -0.4 is 5.32 Å². The Morgan fingerprint density at radius 1 is 1.50 bits per heavy atom. The maximum atomic E-state index is 11.7. The first kappa shape index (κ1) is 10.7. The number of aliphatic hydroxyl groups is 1. The predicted octanol–water partition coefficient (Wildman–Crippen LogP) is 1.36. The second-order valence-corrected chi connectivity index (χ2v) is 4.15. The summed E-state index contributed by atoms with van der Waals surface area (Å²) in [7, 11) is 0. The second-order valence-electron chi connectivity index (χ2n) is 4.15. The van der Waals surface area contributed by atoms with Crippen molar-refractivity contribution < 1.29 is 9.90 Å². The first-order valence-corrected chi connectivity index (χ1v) is 5.01. The Hall–Kier alpha value is -1.86. The van der Waals surface area contributed by atoms with Gasteiger partial charge in [0.25, 0.3) is 5.91 Å². The fraction of sp³-hybridized carbons (Fsp3) is 0.333. The normalized spacial score (nSPS) is 22.5. The maximum Gasteiger partial charge on any atom is 0.262 e. The van der Waals surface area contributed by atoms with Gasteiger partial charge in [-0.15, -0.1) is 0 Å². The third-order valence-corrected chi connectivity index (χ3v) is 2.85. The van der Waals surface area contributed by atoms with Gasteiger partial charge in [0.1, 0.15) is 0 Å². The largest absolute Gasteiger partial charge is 0.374 e. The standard InChI is InChI=1S/C12H12N2O2/c1-7-5-8(2)10-9(6-7)14-11(15)12(10,16)3-4-13/h5-6,16H,3H2,1-2H3,(H,14,15). The molecule has 16 heavy (non-hydrogen) atoms. The van der Waals surface area contributed by atoms with Crippen LogP contribution in [0.5, 0.6) is 0 Å². The zero-order valence-corrected chi connectivity index (χ0v) is 9.16. The molecule has 1 aromatic carbocycles. The quantitative estimate of drug-likeness (QED) is 0.744. The van der Waals surface area contributed by atoms with E-state index in [2.05, 4.69) is 5.32 Å². The van der Waals surface area contributed by atoms with E-state index in [0.717, 1.165) is 11.1 Å². The lowest BCUT2D eigenvalue weighted by molar-refractivity contribution is -0.133. The molecule has 0 aromatic heterocycles. The molecule has 0 saturated heterocycles. The minimum atomic E-state index is -1.69. The van der Waals surface area contributed by atoms with Gasteiger partial charge in [0.2, 0.25) is 0 Å². The van der Waals surface area contributed by atoms with Crippen molar-refractivity contribution in [1.29, 1.82) is 5.26 Å². The van der Waals surface area contributed by atoms with Crippen molar-refractivity contribution in [2.45, 2.75) is 25.9 Å². The molecule has 1 aromatic rings. The zero-order valence-electron chi connectivity index (χ0n) is 9.16. The maximum absolute atomic E-state index is 11.7. The van der Waals surface area contributed by atoms with Crippen LogP contribution in [-0.2, 0) is 10.4 Å². The van der Waals surface area contributed by atoms with Crippen molar-refractivity contribution >= 4 is 11.6 Å². The van der Waals surface area contributed by atoms with E-state index in [1.165, 1.54) is 0 Å². The molecule has 0 radical (unpaired) electrons. The first-order valence-electron chi connectivity index (χ1n) is 5.01. The Kier molecular flexibility index (Phi) is 2.21. The van der Waals surface area contributed by atoms with Gasteiger partial charge in [-0.25, -0.2) is 0 Å². The van der Waals surface area contributed by atoms with E-state index in [9.17, 15) is 9.90 Å². The van der Waals surface area contributed by atoms with E-state index in [1.807, 2.05) is 26.0 Å². The highest BCUT2D eigenvalue weighted by atomic mass is 16.3. The van der Waals surface area contributed by atoms with E-state index >= 15 is 0 Å². The van der Waals surface area contributed by atoms with Crippen LogP contribution in [-0.4, -0.2) is 11.0 Å². The Morgan fingerprint density at radius 3 is 2.81 bits per heavy atom. The highest BCUT2D eigenvalue weighted by molar-refractivity contribution is 6.05. The smallest absolute Gasteiger partial charge is 0.262 e. The summed E-state index contributed by atoms with van der Waals surface area (Å²) >= 11 is 0. The number of fused-ring (bicyclic) bond motifs is 1. The Morgan fingerprint density at radius 2 is 2.19 bits per heavy atom. The predicted molar refractivity (Wildman–Crippen MR) is 58.7 cm³/mol. The molecule has 1 unspecified atom stereocenters. The fourth-order valence-electron chi connectivity index (χ4n) is 2.24. The molecule has 2 rings (SSSR count). The van der Waals surface area contributed by atoms with Gasteiger partial charge in [-0.05, 0) is 31.0 Å². The lowest BCUT2D eigenvalue weighted by atomic mass is 9.88. The van der Waals surface area contributed by atoms with Crippen molar-refractivity contribution in [3.63, 3.8) is 0 Å². The molecule has 1 aliphatic heterocycles. The average Bonchev–Trinajstić information content (AvgIpc) is 2.38. The summed E-state index contributed by atoms with van der Waals surface area (Å²) in [5.41, 5.74) is 1.29. The number of carbonyl (C=O) groups excluding carboxylic acids is 1. The molecular formula is C12H12N2O2. The molecule has 0 fully saturated rings. The third kappa shape index (κ3) is 1.29. The van der Waals surface area contributed by atoms with E-state index in [-0.39, 0.29) is 6.42 Å². The average molecular weight is 216 g/mol. The minimum Gasteiger partial charge on any atom is -0.374 e. The van der Waals surface area contributed by atoms with Crippen molar-refractivity contribution in [3.8, 4) is 6.07 Å². The first-order chi connectivity index (χ1) is 7.49. The van der Waals surface area contributed by atoms with Crippen LogP contribution in [0.2, 0.25) is 0 Å². The summed E-state index contributed by atoms with van der Waals surface area (Å²) in [4.78, 5) is 11.7. The molecule has 0 aliphatic carbocycles. The van der Waals surface area contributed by atoms with Crippen LogP contribution in [0.15, 0.2) is 12.1 Å². The molecule has 0 bridgehead atoms. The number of hydrogen-bond acceptors (Lipinski definition) is 3. The van der Waals surface area contributed by atoms with E-state index in [1.54, 1.807) is 6.07 Å². The zero-order chi connectivity index (χ0) is 11.9. The number of nitriles is 1. The van der Waals surface area contributed by atoms with Gasteiger partial charge < -0.3 is 10.4 Å². The number of nitrogens with one attached hydrogen (secondary N) is 1. The number of benzene rings is 1. The molecule has 1 aliphatic rings. The van der Waals surface area contributed by atoms with Crippen LogP contribution >= 0.6 is 0 Å². The third-order valence-electron chi connectivity index (χ3n) is 2.85. The van der Waals surface area contributed by atoms with Gasteiger partial charge in [-0.2, -0.15) is 5.26 Å². The molecule has 4 heteroatoms. The number of hydrogen-bond donors (Lipinski definition) is 2.